The first-order valence-electron chi connectivity index (χ1n) is 11.1. The molecule has 1 saturated carbocycles. The van der Waals surface area contributed by atoms with Gasteiger partial charge in [-0.25, -0.2) is 0 Å². The highest BCUT2D eigenvalue weighted by molar-refractivity contribution is 6.08. The third-order valence-electron chi connectivity index (χ3n) is 5.92. The maximum absolute atomic E-state index is 13.7. The van der Waals surface area contributed by atoms with Crippen molar-refractivity contribution in [3.05, 3.63) is 78.3 Å². The zero-order valence-electron chi connectivity index (χ0n) is 18.8. The summed E-state index contributed by atoms with van der Waals surface area (Å²) in [6.45, 7) is 0. The van der Waals surface area contributed by atoms with Crippen molar-refractivity contribution in [1.82, 2.24) is 5.32 Å². The third-order valence-corrected chi connectivity index (χ3v) is 5.92. The van der Waals surface area contributed by atoms with Crippen molar-refractivity contribution in [3.63, 3.8) is 0 Å². The number of methoxy groups -OCH3 is 2. The van der Waals surface area contributed by atoms with Gasteiger partial charge in [0.2, 0.25) is 5.91 Å². The van der Waals surface area contributed by atoms with Crippen molar-refractivity contribution in [2.45, 2.75) is 37.8 Å². The van der Waals surface area contributed by atoms with Gasteiger partial charge in [0.15, 0.2) is 5.76 Å². The molecule has 0 aliphatic heterocycles. The lowest BCUT2D eigenvalue weighted by atomic mass is 10.0. The number of benzene rings is 2. The molecule has 172 valence electrons. The predicted molar refractivity (Wildman–Crippen MR) is 125 cm³/mol. The van der Waals surface area contributed by atoms with Gasteiger partial charge < -0.3 is 19.2 Å². The molecule has 1 heterocycles. The van der Waals surface area contributed by atoms with Gasteiger partial charge in [0.05, 0.1) is 20.5 Å². The van der Waals surface area contributed by atoms with E-state index in [1.807, 2.05) is 18.2 Å². The summed E-state index contributed by atoms with van der Waals surface area (Å²) in [6, 6.07) is 16.7. The van der Waals surface area contributed by atoms with Crippen LogP contribution in [0.25, 0.3) is 0 Å². The van der Waals surface area contributed by atoms with Crippen LogP contribution in [-0.2, 0) is 4.79 Å². The highest BCUT2D eigenvalue weighted by atomic mass is 16.5. The average Bonchev–Trinajstić information content (AvgIpc) is 3.57. The molecular weight excluding hydrogens is 420 g/mol. The number of carbonyl (C=O) groups excluding carboxylic acids is 2. The standard InChI is InChI=1S/C26H28N2O5/c1-31-21-14-12-20(13-15-21)28(26(30)23-11-6-16-33-23)24(18-7-5-10-22(17-18)32-2)25(29)27-19-8-3-4-9-19/h5-7,10-17,19,24H,3-4,8-9H2,1-2H3,(H,27,29). The van der Waals surface area contributed by atoms with E-state index in [4.69, 9.17) is 13.9 Å². The number of amides is 2. The summed E-state index contributed by atoms with van der Waals surface area (Å²) in [4.78, 5) is 28.8. The topological polar surface area (TPSA) is 81.0 Å². The molecule has 33 heavy (non-hydrogen) atoms. The summed E-state index contributed by atoms with van der Waals surface area (Å²) in [5.74, 6) is 0.738. The van der Waals surface area contributed by atoms with Crippen LogP contribution < -0.4 is 19.7 Å². The van der Waals surface area contributed by atoms with Crippen molar-refractivity contribution in [3.8, 4) is 11.5 Å². The number of carbonyl (C=O) groups is 2. The van der Waals surface area contributed by atoms with Gasteiger partial charge in [-0.15, -0.1) is 0 Å². The highest BCUT2D eigenvalue weighted by Gasteiger charge is 2.36. The number of nitrogens with one attached hydrogen (secondary N) is 1. The number of hydrogen-bond donors (Lipinski definition) is 1. The Morgan fingerprint density at radius 3 is 2.33 bits per heavy atom. The summed E-state index contributed by atoms with van der Waals surface area (Å²) < 4.78 is 16.1. The van der Waals surface area contributed by atoms with E-state index >= 15 is 0 Å². The molecule has 0 bridgehead atoms. The van der Waals surface area contributed by atoms with E-state index in [-0.39, 0.29) is 17.7 Å². The van der Waals surface area contributed by atoms with Crippen LogP contribution in [0.5, 0.6) is 11.5 Å². The van der Waals surface area contributed by atoms with Crippen molar-refractivity contribution < 1.29 is 23.5 Å². The van der Waals surface area contributed by atoms with Crippen molar-refractivity contribution in [2.75, 3.05) is 19.1 Å². The fourth-order valence-electron chi connectivity index (χ4n) is 4.22. The smallest absolute Gasteiger partial charge is 0.294 e. The van der Waals surface area contributed by atoms with E-state index in [0.29, 0.717) is 22.7 Å². The predicted octanol–water partition coefficient (Wildman–Crippen LogP) is 4.74. The maximum Gasteiger partial charge on any atom is 0.294 e. The zero-order chi connectivity index (χ0) is 23.2. The number of nitrogens with zero attached hydrogens (tertiary/aromatic N) is 1. The highest BCUT2D eigenvalue weighted by Crippen LogP contribution is 2.33. The van der Waals surface area contributed by atoms with Gasteiger partial charge in [0.1, 0.15) is 17.5 Å². The Morgan fingerprint density at radius 2 is 1.70 bits per heavy atom. The Morgan fingerprint density at radius 1 is 0.970 bits per heavy atom. The fraction of sp³-hybridized carbons (Fsp3) is 0.308. The number of furan rings is 1. The van der Waals surface area contributed by atoms with Gasteiger partial charge in [-0.05, 0) is 66.9 Å². The monoisotopic (exact) mass is 448 g/mol. The average molecular weight is 449 g/mol. The Labute approximate surface area is 193 Å². The van der Waals surface area contributed by atoms with Gasteiger partial charge in [-0.3, -0.25) is 14.5 Å². The van der Waals surface area contributed by atoms with E-state index in [2.05, 4.69) is 5.32 Å². The van der Waals surface area contributed by atoms with E-state index in [1.165, 1.54) is 11.2 Å². The normalized spacial score (nSPS) is 14.5. The van der Waals surface area contributed by atoms with Crippen molar-refractivity contribution >= 4 is 17.5 Å². The molecule has 1 fully saturated rings. The molecule has 1 atom stereocenters. The number of hydrogen-bond acceptors (Lipinski definition) is 5. The summed E-state index contributed by atoms with van der Waals surface area (Å²) in [7, 11) is 3.15. The van der Waals surface area contributed by atoms with Crippen LogP contribution in [0.4, 0.5) is 5.69 Å². The van der Waals surface area contributed by atoms with Crippen LogP contribution in [0.1, 0.15) is 47.8 Å². The van der Waals surface area contributed by atoms with Gasteiger partial charge in [0, 0.05) is 11.7 Å². The quantitative estimate of drug-likeness (QED) is 0.538. The minimum absolute atomic E-state index is 0.0991. The van der Waals surface area contributed by atoms with Crippen LogP contribution in [0.2, 0.25) is 0 Å². The molecule has 2 amide bonds. The fourth-order valence-corrected chi connectivity index (χ4v) is 4.22. The van der Waals surface area contributed by atoms with E-state index in [0.717, 1.165) is 25.7 Å². The lowest BCUT2D eigenvalue weighted by Crippen LogP contribution is -2.46. The number of ether oxygens (including phenoxy) is 2. The third kappa shape index (κ3) is 5.03. The first kappa shape index (κ1) is 22.5. The van der Waals surface area contributed by atoms with Gasteiger partial charge in [-0.2, -0.15) is 0 Å². The molecule has 3 aromatic rings. The molecule has 0 radical (unpaired) electrons. The van der Waals surface area contributed by atoms with Crippen molar-refractivity contribution in [2.24, 2.45) is 0 Å². The molecule has 7 nitrogen and oxygen atoms in total. The van der Waals surface area contributed by atoms with Crippen LogP contribution >= 0.6 is 0 Å². The van der Waals surface area contributed by atoms with E-state index in [9.17, 15) is 9.59 Å². The lowest BCUT2D eigenvalue weighted by Gasteiger charge is -2.32. The number of anilines is 1. The molecule has 1 aliphatic carbocycles. The summed E-state index contributed by atoms with van der Waals surface area (Å²) in [6.07, 6.45) is 5.49. The van der Waals surface area contributed by atoms with Gasteiger partial charge >= 0.3 is 0 Å². The summed E-state index contributed by atoms with van der Waals surface area (Å²) >= 11 is 0. The summed E-state index contributed by atoms with van der Waals surface area (Å²) in [5.41, 5.74) is 1.19. The van der Waals surface area contributed by atoms with Gasteiger partial charge in [-0.1, -0.05) is 25.0 Å². The number of rotatable bonds is 8. The largest absolute Gasteiger partial charge is 0.497 e. The van der Waals surface area contributed by atoms with Crippen LogP contribution in [0.15, 0.2) is 71.3 Å². The molecule has 1 aromatic heterocycles. The molecule has 1 N–H and O–H groups in total. The Balaban J connectivity index is 1.81. The minimum atomic E-state index is -0.924. The van der Waals surface area contributed by atoms with E-state index in [1.54, 1.807) is 56.7 Å². The first-order chi connectivity index (χ1) is 16.1. The molecule has 1 unspecified atom stereocenters. The molecule has 7 heteroatoms. The Kier molecular flexibility index (Phi) is 6.98. The van der Waals surface area contributed by atoms with Crippen molar-refractivity contribution in [1.29, 1.82) is 0 Å². The second-order valence-corrected chi connectivity index (χ2v) is 8.02. The zero-order valence-corrected chi connectivity index (χ0v) is 18.8. The van der Waals surface area contributed by atoms with Gasteiger partial charge in [0.25, 0.3) is 5.91 Å². The second-order valence-electron chi connectivity index (χ2n) is 8.02. The minimum Gasteiger partial charge on any atom is -0.497 e. The van der Waals surface area contributed by atoms with Crippen LogP contribution in [-0.4, -0.2) is 32.1 Å². The first-order valence-corrected chi connectivity index (χ1v) is 11.1. The molecule has 0 spiro atoms. The molecule has 0 saturated heterocycles. The molecule has 4 rings (SSSR count). The Hall–Kier alpha value is -3.74. The molecule has 1 aliphatic rings. The van der Waals surface area contributed by atoms with E-state index < -0.39 is 11.9 Å². The SMILES string of the molecule is COc1ccc(N(C(=O)c2ccco2)C(C(=O)NC2CCCC2)c2cccc(OC)c2)cc1. The second kappa shape index (κ2) is 10.3. The Bertz CT molecular complexity index is 1070. The molecular formula is C26H28N2O5. The lowest BCUT2D eigenvalue weighted by molar-refractivity contribution is -0.123. The molecule has 2 aromatic carbocycles. The maximum atomic E-state index is 13.7. The van der Waals surface area contributed by atoms with Crippen LogP contribution in [0, 0.1) is 0 Å². The summed E-state index contributed by atoms with van der Waals surface area (Å²) in [5, 5.41) is 3.16. The van der Waals surface area contributed by atoms with Crippen LogP contribution in [0.3, 0.4) is 0 Å².